The summed E-state index contributed by atoms with van der Waals surface area (Å²) in [5.74, 6) is 0.853. The second kappa shape index (κ2) is 12.7. The Kier molecular flexibility index (Phi) is 9.32. The van der Waals surface area contributed by atoms with Crippen LogP contribution in [0, 0.1) is 27.7 Å². The summed E-state index contributed by atoms with van der Waals surface area (Å²) in [5.41, 5.74) is 6.40. The van der Waals surface area contributed by atoms with Crippen molar-refractivity contribution in [3.63, 3.8) is 0 Å². The van der Waals surface area contributed by atoms with Crippen molar-refractivity contribution in [2.24, 2.45) is 0 Å². The Balaban J connectivity index is 1.48. The standard InChI is InChI=1S/C30H34N4O4S2/c1-8-34-27(21(6)38-24-11-9-10-18(3)20(24)5)32-33-30(34)40-16-25(35)31-28-26(29(36)37-7)23(15-39-28)22-14-17(2)12-13-19(22)4/h9-15,21H,8,16H2,1-7H3,(H,31,35). The molecule has 0 fully saturated rings. The number of ether oxygens (including phenoxy) is 2. The van der Waals surface area contributed by atoms with Crippen molar-refractivity contribution >= 4 is 40.0 Å². The van der Waals surface area contributed by atoms with Crippen LogP contribution in [0.2, 0.25) is 0 Å². The number of benzene rings is 2. The van der Waals surface area contributed by atoms with Crippen molar-refractivity contribution in [1.29, 1.82) is 0 Å². The largest absolute Gasteiger partial charge is 0.482 e. The zero-order valence-corrected chi connectivity index (χ0v) is 25.5. The van der Waals surface area contributed by atoms with Crippen LogP contribution >= 0.6 is 23.1 Å². The number of nitrogens with one attached hydrogen (secondary N) is 1. The number of nitrogens with zero attached hydrogens (tertiary/aromatic N) is 3. The monoisotopic (exact) mass is 578 g/mol. The number of carbonyl (C=O) groups is 2. The van der Waals surface area contributed by atoms with Gasteiger partial charge in [0.05, 0.1) is 12.9 Å². The van der Waals surface area contributed by atoms with Crippen LogP contribution in [-0.2, 0) is 16.1 Å². The first-order chi connectivity index (χ1) is 19.1. The number of anilines is 1. The van der Waals surface area contributed by atoms with Crippen LogP contribution in [0.4, 0.5) is 5.00 Å². The number of rotatable bonds is 10. The third-order valence-corrected chi connectivity index (χ3v) is 8.60. The number of methoxy groups -OCH3 is 1. The summed E-state index contributed by atoms with van der Waals surface area (Å²) in [4.78, 5) is 25.8. The predicted molar refractivity (Wildman–Crippen MR) is 161 cm³/mol. The van der Waals surface area contributed by atoms with E-state index < -0.39 is 5.97 Å². The fourth-order valence-electron chi connectivity index (χ4n) is 4.37. The highest BCUT2D eigenvalue weighted by Gasteiger charge is 2.24. The number of hydrogen-bond acceptors (Lipinski definition) is 8. The van der Waals surface area contributed by atoms with Crippen molar-refractivity contribution in [2.45, 2.75) is 59.3 Å². The van der Waals surface area contributed by atoms with Crippen LogP contribution in [0.5, 0.6) is 5.75 Å². The average Bonchev–Trinajstić information content (AvgIpc) is 3.54. The van der Waals surface area contributed by atoms with Crippen LogP contribution in [0.15, 0.2) is 46.9 Å². The van der Waals surface area contributed by atoms with Crippen molar-refractivity contribution in [1.82, 2.24) is 14.8 Å². The first kappa shape index (κ1) is 29.4. The predicted octanol–water partition coefficient (Wildman–Crippen LogP) is 6.92. The Bertz CT molecular complexity index is 1540. The highest BCUT2D eigenvalue weighted by atomic mass is 32.2. The van der Waals surface area contributed by atoms with Gasteiger partial charge in [-0.15, -0.1) is 21.5 Å². The normalized spacial score (nSPS) is 11.8. The third kappa shape index (κ3) is 6.23. The summed E-state index contributed by atoms with van der Waals surface area (Å²) >= 11 is 2.59. The molecular formula is C30H34N4O4S2. The Morgan fingerprint density at radius 2 is 1.85 bits per heavy atom. The molecule has 2 heterocycles. The van der Waals surface area contributed by atoms with E-state index in [0.29, 0.717) is 28.1 Å². The molecule has 210 valence electrons. The Hall–Kier alpha value is -3.63. The molecule has 0 aliphatic rings. The second-order valence-electron chi connectivity index (χ2n) is 9.54. The molecule has 40 heavy (non-hydrogen) atoms. The fraction of sp³-hybridized carbons (Fsp3) is 0.333. The highest BCUT2D eigenvalue weighted by Crippen LogP contribution is 2.38. The maximum absolute atomic E-state index is 13.0. The van der Waals surface area contributed by atoms with Crippen LogP contribution < -0.4 is 10.1 Å². The first-order valence-corrected chi connectivity index (χ1v) is 14.9. The number of amides is 1. The smallest absolute Gasteiger partial charge is 0.341 e. The summed E-state index contributed by atoms with van der Waals surface area (Å²) in [7, 11) is 1.34. The van der Waals surface area contributed by atoms with E-state index in [1.54, 1.807) is 0 Å². The number of aromatic nitrogens is 3. The van der Waals surface area contributed by atoms with E-state index in [1.807, 2.05) is 74.9 Å². The fourth-order valence-corrected chi connectivity index (χ4v) is 6.15. The van der Waals surface area contributed by atoms with E-state index in [9.17, 15) is 9.59 Å². The van der Waals surface area contributed by atoms with E-state index in [2.05, 4.69) is 28.5 Å². The molecule has 0 saturated carbocycles. The zero-order chi connectivity index (χ0) is 29.0. The van der Waals surface area contributed by atoms with E-state index in [4.69, 9.17) is 9.47 Å². The molecule has 2 aromatic carbocycles. The quantitative estimate of drug-likeness (QED) is 0.161. The van der Waals surface area contributed by atoms with Crippen molar-refractivity contribution in [2.75, 3.05) is 18.2 Å². The summed E-state index contributed by atoms with van der Waals surface area (Å²) < 4.78 is 13.2. The van der Waals surface area contributed by atoms with Gasteiger partial charge in [0.15, 0.2) is 17.1 Å². The molecule has 0 bridgehead atoms. The number of thioether (sulfide) groups is 1. The van der Waals surface area contributed by atoms with Gasteiger partial charge in [-0.3, -0.25) is 4.79 Å². The van der Waals surface area contributed by atoms with Crippen LogP contribution in [-0.4, -0.2) is 39.5 Å². The molecule has 0 radical (unpaired) electrons. The molecule has 10 heteroatoms. The Morgan fingerprint density at radius 3 is 2.58 bits per heavy atom. The molecule has 0 aliphatic heterocycles. The molecule has 0 aliphatic carbocycles. The van der Waals surface area contributed by atoms with Crippen LogP contribution in [0.25, 0.3) is 11.1 Å². The minimum absolute atomic E-state index is 0.0989. The average molecular weight is 579 g/mol. The lowest BCUT2D eigenvalue weighted by Crippen LogP contribution is -2.17. The molecule has 1 amide bonds. The Labute approximate surface area is 243 Å². The topological polar surface area (TPSA) is 95.3 Å². The number of hydrogen-bond donors (Lipinski definition) is 1. The number of thiophene rings is 1. The molecule has 8 nitrogen and oxygen atoms in total. The highest BCUT2D eigenvalue weighted by molar-refractivity contribution is 7.99. The van der Waals surface area contributed by atoms with Crippen LogP contribution in [0.3, 0.4) is 0 Å². The van der Waals surface area contributed by atoms with E-state index in [1.165, 1.54) is 30.2 Å². The van der Waals surface area contributed by atoms with Gasteiger partial charge in [-0.1, -0.05) is 47.7 Å². The first-order valence-electron chi connectivity index (χ1n) is 13.0. The molecule has 0 spiro atoms. The minimum atomic E-state index is -0.492. The minimum Gasteiger partial charge on any atom is -0.482 e. The van der Waals surface area contributed by atoms with Gasteiger partial charge in [0.25, 0.3) is 0 Å². The van der Waals surface area contributed by atoms with Crippen molar-refractivity contribution in [3.8, 4) is 16.9 Å². The van der Waals surface area contributed by atoms with Gasteiger partial charge in [-0.25, -0.2) is 4.79 Å². The summed E-state index contributed by atoms with van der Waals surface area (Å²) in [6.07, 6.45) is -0.326. The second-order valence-corrected chi connectivity index (χ2v) is 11.4. The van der Waals surface area contributed by atoms with Gasteiger partial charge >= 0.3 is 5.97 Å². The maximum Gasteiger partial charge on any atom is 0.341 e. The van der Waals surface area contributed by atoms with Gasteiger partial charge < -0.3 is 19.4 Å². The lowest BCUT2D eigenvalue weighted by molar-refractivity contribution is -0.113. The molecule has 0 saturated heterocycles. The number of carbonyl (C=O) groups excluding carboxylic acids is 2. The number of esters is 1. The Morgan fingerprint density at radius 1 is 1.07 bits per heavy atom. The van der Waals surface area contributed by atoms with Crippen molar-refractivity contribution in [3.05, 3.63) is 75.4 Å². The number of aryl methyl sites for hydroxylation is 3. The van der Waals surface area contributed by atoms with Gasteiger partial charge in [-0.05, 0) is 69.9 Å². The van der Waals surface area contributed by atoms with E-state index in [-0.39, 0.29) is 17.8 Å². The maximum atomic E-state index is 13.0. The summed E-state index contributed by atoms with van der Waals surface area (Å²) in [6.45, 7) is 12.7. The van der Waals surface area contributed by atoms with E-state index in [0.717, 1.165) is 39.1 Å². The third-order valence-electron chi connectivity index (χ3n) is 6.73. The summed E-state index contributed by atoms with van der Waals surface area (Å²) in [5, 5.41) is 14.6. The van der Waals surface area contributed by atoms with Gasteiger partial charge in [0, 0.05) is 17.5 Å². The SMILES string of the molecule is CCn1c(SCC(=O)Nc2scc(-c3cc(C)ccc3C)c2C(=O)OC)nnc1C(C)Oc1cccc(C)c1C. The zero-order valence-electron chi connectivity index (χ0n) is 23.8. The molecule has 4 aromatic rings. The molecule has 1 N–H and O–H groups in total. The van der Waals surface area contributed by atoms with Gasteiger partial charge in [0.1, 0.15) is 16.3 Å². The summed E-state index contributed by atoms with van der Waals surface area (Å²) in [6, 6.07) is 12.1. The lowest BCUT2D eigenvalue weighted by atomic mass is 9.97. The van der Waals surface area contributed by atoms with E-state index >= 15 is 0 Å². The van der Waals surface area contributed by atoms with Gasteiger partial charge in [-0.2, -0.15) is 0 Å². The molecular weight excluding hydrogens is 544 g/mol. The molecule has 2 aromatic heterocycles. The lowest BCUT2D eigenvalue weighted by Gasteiger charge is -2.17. The van der Waals surface area contributed by atoms with Gasteiger partial charge in [0.2, 0.25) is 5.91 Å². The molecule has 1 atom stereocenters. The van der Waals surface area contributed by atoms with Crippen molar-refractivity contribution < 1.29 is 19.1 Å². The molecule has 4 rings (SSSR count). The van der Waals surface area contributed by atoms with Crippen LogP contribution in [0.1, 0.15) is 58.4 Å². The molecule has 1 unspecified atom stereocenters.